The summed E-state index contributed by atoms with van der Waals surface area (Å²) < 4.78 is 23.5. The standard InChI is InChI=1S/C8H8F2N2O/c1-5-2-3-11-6(4-5)12-8(13)7(9)10/h2-4,7H,1H3,(H,11,12,13). The first-order chi connectivity index (χ1) is 6.09. The number of pyridine rings is 1. The van der Waals surface area contributed by atoms with Gasteiger partial charge in [0, 0.05) is 6.20 Å². The van der Waals surface area contributed by atoms with Crippen LogP contribution in [0.15, 0.2) is 18.3 Å². The Balaban J connectivity index is 2.69. The van der Waals surface area contributed by atoms with Crippen LogP contribution in [0.1, 0.15) is 5.56 Å². The molecule has 0 aliphatic rings. The molecule has 0 fully saturated rings. The van der Waals surface area contributed by atoms with Crippen LogP contribution in [0.5, 0.6) is 0 Å². The zero-order valence-corrected chi connectivity index (χ0v) is 6.92. The number of hydrogen-bond acceptors (Lipinski definition) is 2. The molecule has 1 heterocycles. The van der Waals surface area contributed by atoms with Gasteiger partial charge in [-0.25, -0.2) is 4.98 Å². The molecule has 0 aliphatic carbocycles. The predicted molar refractivity (Wildman–Crippen MR) is 43.6 cm³/mol. The summed E-state index contributed by atoms with van der Waals surface area (Å²) >= 11 is 0. The third-order valence-corrected chi connectivity index (χ3v) is 1.36. The third kappa shape index (κ3) is 2.77. The van der Waals surface area contributed by atoms with Crippen molar-refractivity contribution in [2.24, 2.45) is 0 Å². The Hall–Kier alpha value is -1.52. The topological polar surface area (TPSA) is 42.0 Å². The highest BCUT2D eigenvalue weighted by atomic mass is 19.3. The van der Waals surface area contributed by atoms with Crippen molar-refractivity contribution in [2.45, 2.75) is 13.3 Å². The number of nitrogens with zero attached hydrogens (tertiary/aromatic N) is 1. The Morgan fingerprint density at radius 3 is 2.85 bits per heavy atom. The molecule has 3 nitrogen and oxygen atoms in total. The summed E-state index contributed by atoms with van der Waals surface area (Å²) in [6, 6.07) is 3.22. The van der Waals surface area contributed by atoms with Gasteiger partial charge in [-0.3, -0.25) is 4.79 Å². The normalized spacial score (nSPS) is 10.2. The number of rotatable bonds is 2. The van der Waals surface area contributed by atoms with Gasteiger partial charge in [-0.1, -0.05) is 0 Å². The summed E-state index contributed by atoms with van der Waals surface area (Å²) in [5, 5.41) is 1.98. The van der Waals surface area contributed by atoms with Gasteiger partial charge in [0.2, 0.25) is 0 Å². The van der Waals surface area contributed by atoms with Gasteiger partial charge < -0.3 is 5.32 Å². The van der Waals surface area contributed by atoms with Crippen LogP contribution in [0.4, 0.5) is 14.6 Å². The lowest BCUT2D eigenvalue weighted by atomic mass is 10.3. The molecule has 1 N–H and O–H groups in total. The van der Waals surface area contributed by atoms with E-state index in [0.29, 0.717) is 0 Å². The SMILES string of the molecule is Cc1ccnc(NC(=O)C(F)F)c1. The summed E-state index contributed by atoms with van der Waals surface area (Å²) in [4.78, 5) is 14.2. The number of amides is 1. The monoisotopic (exact) mass is 186 g/mol. The number of alkyl halides is 2. The van der Waals surface area contributed by atoms with Gasteiger partial charge in [-0.2, -0.15) is 8.78 Å². The second kappa shape index (κ2) is 3.93. The van der Waals surface area contributed by atoms with E-state index in [-0.39, 0.29) is 5.82 Å². The highest BCUT2D eigenvalue weighted by molar-refractivity contribution is 5.92. The molecular weight excluding hydrogens is 178 g/mol. The number of aromatic nitrogens is 1. The van der Waals surface area contributed by atoms with E-state index < -0.39 is 12.3 Å². The molecule has 1 amide bonds. The number of halogens is 2. The molecule has 70 valence electrons. The van der Waals surface area contributed by atoms with Gasteiger partial charge in [0.25, 0.3) is 5.91 Å². The fourth-order valence-corrected chi connectivity index (χ4v) is 0.785. The van der Waals surface area contributed by atoms with Gasteiger partial charge in [0.1, 0.15) is 5.82 Å². The molecular formula is C8H8F2N2O. The van der Waals surface area contributed by atoms with Crippen molar-refractivity contribution in [1.29, 1.82) is 0 Å². The second-order valence-corrected chi connectivity index (χ2v) is 2.51. The minimum absolute atomic E-state index is 0.144. The summed E-state index contributed by atoms with van der Waals surface area (Å²) in [6.45, 7) is 1.78. The molecule has 0 aliphatic heterocycles. The zero-order chi connectivity index (χ0) is 9.84. The van der Waals surface area contributed by atoms with E-state index in [9.17, 15) is 13.6 Å². The van der Waals surface area contributed by atoms with Gasteiger partial charge in [-0.15, -0.1) is 0 Å². The van der Waals surface area contributed by atoms with Gasteiger partial charge >= 0.3 is 6.43 Å². The number of anilines is 1. The molecule has 0 atom stereocenters. The largest absolute Gasteiger partial charge is 0.315 e. The quantitative estimate of drug-likeness (QED) is 0.762. The van der Waals surface area contributed by atoms with E-state index in [4.69, 9.17) is 0 Å². The first-order valence-corrected chi connectivity index (χ1v) is 3.61. The Kier molecular flexibility index (Phi) is 2.89. The molecule has 1 rings (SSSR count). The van der Waals surface area contributed by atoms with Crippen molar-refractivity contribution in [2.75, 3.05) is 5.32 Å². The molecule has 0 spiro atoms. The number of hydrogen-bond donors (Lipinski definition) is 1. The maximum atomic E-state index is 11.8. The number of carbonyl (C=O) groups excluding carboxylic acids is 1. The molecule has 1 aromatic heterocycles. The van der Waals surface area contributed by atoms with Crippen LogP contribution in [-0.4, -0.2) is 17.3 Å². The lowest BCUT2D eigenvalue weighted by Gasteiger charge is -2.02. The van der Waals surface area contributed by atoms with Gasteiger partial charge in [0.05, 0.1) is 0 Å². The summed E-state index contributed by atoms with van der Waals surface area (Å²) in [5.41, 5.74) is 0.847. The minimum atomic E-state index is -3.01. The van der Waals surface area contributed by atoms with Crippen molar-refractivity contribution in [1.82, 2.24) is 4.98 Å². The highest BCUT2D eigenvalue weighted by Crippen LogP contribution is 2.06. The van der Waals surface area contributed by atoms with E-state index in [1.165, 1.54) is 12.3 Å². The van der Waals surface area contributed by atoms with Crippen LogP contribution in [-0.2, 0) is 4.79 Å². The fraction of sp³-hybridized carbons (Fsp3) is 0.250. The second-order valence-electron chi connectivity index (χ2n) is 2.51. The van der Waals surface area contributed by atoms with Crippen LogP contribution in [0.2, 0.25) is 0 Å². The van der Waals surface area contributed by atoms with E-state index in [2.05, 4.69) is 4.98 Å². The fourth-order valence-electron chi connectivity index (χ4n) is 0.785. The molecule has 0 unspecified atom stereocenters. The molecule has 0 aromatic carbocycles. The zero-order valence-electron chi connectivity index (χ0n) is 6.92. The smallest absolute Gasteiger partial charge is 0.306 e. The van der Waals surface area contributed by atoms with Crippen LogP contribution in [0.25, 0.3) is 0 Å². The van der Waals surface area contributed by atoms with Crippen LogP contribution in [0.3, 0.4) is 0 Å². The van der Waals surface area contributed by atoms with Crippen molar-refractivity contribution in [3.8, 4) is 0 Å². The Morgan fingerprint density at radius 1 is 1.62 bits per heavy atom. The highest BCUT2D eigenvalue weighted by Gasteiger charge is 2.15. The number of aryl methyl sites for hydroxylation is 1. The van der Waals surface area contributed by atoms with E-state index in [1.54, 1.807) is 13.0 Å². The van der Waals surface area contributed by atoms with Gasteiger partial charge in [0.15, 0.2) is 0 Å². The van der Waals surface area contributed by atoms with Crippen molar-refractivity contribution >= 4 is 11.7 Å². The molecule has 0 bridgehead atoms. The lowest BCUT2D eigenvalue weighted by Crippen LogP contribution is -2.20. The average Bonchev–Trinajstić information content (AvgIpc) is 2.04. The summed E-state index contributed by atoms with van der Waals surface area (Å²) in [7, 11) is 0. The van der Waals surface area contributed by atoms with Crippen molar-refractivity contribution in [3.63, 3.8) is 0 Å². The van der Waals surface area contributed by atoms with Crippen molar-refractivity contribution in [3.05, 3.63) is 23.9 Å². The first-order valence-electron chi connectivity index (χ1n) is 3.61. The summed E-state index contributed by atoms with van der Waals surface area (Å²) in [5.74, 6) is -1.19. The minimum Gasteiger partial charge on any atom is -0.306 e. The van der Waals surface area contributed by atoms with Crippen molar-refractivity contribution < 1.29 is 13.6 Å². The Bertz CT molecular complexity index is 315. The average molecular weight is 186 g/mol. The Morgan fingerprint density at radius 2 is 2.31 bits per heavy atom. The van der Waals surface area contributed by atoms with E-state index in [1.807, 2.05) is 5.32 Å². The number of carbonyl (C=O) groups is 1. The summed E-state index contributed by atoms with van der Waals surface area (Å²) in [6.07, 6.45) is -1.57. The predicted octanol–water partition coefficient (Wildman–Crippen LogP) is 1.59. The van der Waals surface area contributed by atoms with Gasteiger partial charge in [-0.05, 0) is 24.6 Å². The Labute approximate surface area is 73.8 Å². The molecule has 1 aromatic rings. The first kappa shape index (κ1) is 9.57. The molecule has 0 radical (unpaired) electrons. The van der Waals surface area contributed by atoms with Crippen LogP contribution < -0.4 is 5.32 Å². The van der Waals surface area contributed by atoms with Crippen LogP contribution in [0, 0.1) is 6.92 Å². The third-order valence-electron chi connectivity index (χ3n) is 1.36. The maximum absolute atomic E-state index is 11.8. The van der Waals surface area contributed by atoms with Crippen LogP contribution >= 0.6 is 0 Å². The molecule has 0 saturated heterocycles. The van der Waals surface area contributed by atoms with E-state index >= 15 is 0 Å². The molecule has 13 heavy (non-hydrogen) atoms. The maximum Gasteiger partial charge on any atom is 0.315 e. The molecule has 0 saturated carbocycles. The molecule has 5 heteroatoms. The lowest BCUT2D eigenvalue weighted by molar-refractivity contribution is -0.126. The van der Waals surface area contributed by atoms with E-state index in [0.717, 1.165) is 5.56 Å². The number of nitrogens with one attached hydrogen (secondary N) is 1.